The lowest BCUT2D eigenvalue weighted by molar-refractivity contribution is -0.146. The van der Waals surface area contributed by atoms with Crippen molar-refractivity contribution in [3.63, 3.8) is 0 Å². The number of hydrogen-bond acceptors (Lipinski definition) is 6. The summed E-state index contributed by atoms with van der Waals surface area (Å²) in [6.07, 6.45) is 8.90. The van der Waals surface area contributed by atoms with Crippen molar-refractivity contribution in [1.82, 2.24) is 0 Å². The molecule has 47 heavy (non-hydrogen) atoms. The van der Waals surface area contributed by atoms with Gasteiger partial charge in [0.1, 0.15) is 0 Å². The highest BCUT2D eigenvalue weighted by atomic mass is 28.4. The fraction of sp³-hybridized carbons (Fsp3) is 0.595. The van der Waals surface area contributed by atoms with E-state index in [0.717, 1.165) is 79.6 Å². The molecular weight excluding hydrogens is 611 g/mol. The third-order valence-electron chi connectivity index (χ3n) is 10.9. The molecule has 2 aromatic rings. The Morgan fingerprint density at radius 2 is 1.47 bits per heavy atom. The Kier molecular flexibility index (Phi) is 9.95. The number of hydrogen-bond donors (Lipinski definition) is 2. The van der Waals surface area contributed by atoms with E-state index in [1.807, 2.05) is 72.3 Å². The molecule has 0 saturated carbocycles. The summed E-state index contributed by atoms with van der Waals surface area (Å²) >= 11 is 0. The average molecular weight is 662 g/mol. The lowest BCUT2D eigenvalue weighted by Crippen LogP contribution is -2.46. The van der Waals surface area contributed by atoms with E-state index in [2.05, 4.69) is 0 Å². The zero-order valence-corrected chi connectivity index (χ0v) is 29.2. The highest BCUT2D eigenvalue weighted by Crippen LogP contribution is 2.60. The third-order valence-corrected chi connectivity index (χ3v) is 13.4. The second-order valence-electron chi connectivity index (χ2n) is 14.6. The minimum Gasteiger partial charge on any atom is -0.432 e. The predicted octanol–water partition coefficient (Wildman–Crippen LogP) is 6.01. The molecule has 0 bridgehead atoms. The molecule has 254 valence electrons. The first-order chi connectivity index (χ1) is 22.6. The average Bonchev–Trinajstić information content (AvgIpc) is 3.44. The molecule has 1 spiro atoms. The van der Waals surface area contributed by atoms with Gasteiger partial charge in [0.2, 0.25) is 11.8 Å². The Balaban J connectivity index is 1.41. The fourth-order valence-electron chi connectivity index (χ4n) is 8.66. The highest BCUT2D eigenvalue weighted by Gasteiger charge is 2.66. The van der Waals surface area contributed by atoms with Gasteiger partial charge in [-0.3, -0.25) is 14.4 Å². The van der Waals surface area contributed by atoms with Crippen molar-refractivity contribution in [2.75, 3.05) is 34.4 Å². The second kappa shape index (κ2) is 13.8. The molecule has 0 unspecified atom stereocenters. The quantitative estimate of drug-likeness (QED) is 0.352. The fourth-order valence-corrected chi connectivity index (χ4v) is 11.3. The van der Waals surface area contributed by atoms with Crippen LogP contribution in [0.4, 0.5) is 17.1 Å². The van der Waals surface area contributed by atoms with Crippen LogP contribution < -0.4 is 14.7 Å². The Morgan fingerprint density at radius 3 is 2.09 bits per heavy atom. The normalized spacial score (nSPS) is 27.6. The Hall–Kier alpha value is -3.05. The number of rotatable bonds is 7. The van der Waals surface area contributed by atoms with Crippen LogP contribution in [0, 0.1) is 5.92 Å². The van der Waals surface area contributed by atoms with Crippen molar-refractivity contribution in [3.8, 4) is 0 Å². The van der Waals surface area contributed by atoms with Crippen molar-refractivity contribution in [3.05, 3.63) is 53.6 Å². The van der Waals surface area contributed by atoms with Crippen LogP contribution in [0.5, 0.6) is 0 Å². The van der Waals surface area contributed by atoms with Gasteiger partial charge in [-0.1, -0.05) is 44.7 Å². The smallest absolute Gasteiger partial charge is 0.264 e. The molecule has 0 aliphatic carbocycles. The van der Waals surface area contributed by atoms with Crippen LogP contribution in [0.15, 0.2) is 42.5 Å². The monoisotopic (exact) mass is 661 g/mol. The van der Waals surface area contributed by atoms with E-state index >= 15 is 0 Å². The predicted molar refractivity (Wildman–Crippen MR) is 186 cm³/mol. The molecule has 3 saturated heterocycles. The second-order valence-corrected chi connectivity index (χ2v) is 18.5. The van der Waals surface area contributed by atoms with Gasteiger partial charge in [0.15, 0.2) is 13.9 Å². The van der Waals surface area contributed by atoms with Crippen molar-refractivity contribution < 1.29 is 29.0 Å². The van der Waals surface area contributed by atoms with E-state index in [-0.39, 0.29) is 42.3 Å². The molecule has 4 heterocycles. The van der Waals surface area contributed by atoms with E-state index < -0.39 is 20.0 Å². The lowest BCUT2D eigenvalue weighted by atomic mass is 9.82. The summed E-state index contributed by atoms with van der Waals surface area (Å²) < 4.78 is 6.85. The topological polar surface area (TPSA) is 111 Å². The molecule has 10 heteroatoms. The molecule has 9 nitrogen and oxygen atoms in total. The molecule has 2 aromatic carbocycles. The van der Waals surface area contributed by atoms with Crippen molar-refractivity contribution >= 4 is 43.1 Å². The van der Waals surface area contributed by atoms with E-state index in [4.69, 9.17) is 4.74 Å². The van der Waals surface area contributed by atoms with Gasteiger partial charge in [-0.15, -0.1) is 0 Å². The van der Waals surface area contributed by atoms with Gasteiger partial charge < -0.3 is 29.3 Å². The molecule has 0 radical (unpaired) electrons. The molecule has 2 N–H and O–H groups in total. The maximum Gasteiger partial charge on any atom is 0.264 e. The zero-order chi connectivity index (χ0) is 33.3. The van der Waals surface area contributed by atoms with Gasteiger partial charge in [-0.25, -0.2) is 0 Å². The number of carbonyl (C=O) groups excluding carboxylic acids is 3. The Labute approximate surface area is 280 Å². The molecule has 4 atom stereocenters. The maximum atomic E-state index is 14.9. The van der Waals surface area contributed by atoms with Gasteiger partial charge in [-0.05, 0) is 81.1 Å². The zero-order valence-electron chi connectivity index (χ0n) is 28.2. The number of carbonyl (C=O) groups is 3. The molecule has 4 aliphatic heterocycles. The molecule has 3 fully saturated rings. The highest BCUT2D eigenvalue weighted by molar-refractivity contribution is 6.71. The first kappa shape index (κ1) is 33.8. The summed E-state index contributed by atoms with van der Waals surface area (Å²) in [6.45, 7) is 7.26. The van der Waals surface area contributed by atoms with Gasteiger partial charge >= 0.3 is 0 Å². The van der Waals surface area contributed by atoms with E-state index in [1.165, 1.54) is 0 Å². The van der Waals surface area contributed by atoms with Crippen LogP contribution in [-0.2, 0) is 31.3 Å². The first-order valence-corrected chi connectivity index (χ1v) is 20.8. The van der Waals surface area contributed by atoms with Crippen molar-refractivity contribution in [2.45, 2.75) is 114 Å². The number of aliphatic hydroxyl groups excluding tert-OH is 1. The third kappa shape index (κ3) is 6.42. The van der Waals surface area contributed by atoms with Gasteiger partial charge in [-0.2, -0.15) is 0 Å². The van der Waals surface area contributed by atoms with Crippen LogP contribution in [0.3, 0.4) is 0 Å². The van der Waals surface area contributed by atoms with Gasteiger partial charge in [0.25, 0.3) is 5.91 Å². The van der Waals surface area contributed by atoms with Crippen molar-refractivity contribution in [2.24, 2.45) is 5.92 Å². The summed E-state index contributed by atoms with van der Waals surface area (Å²) in [5.74, 6) is -0.312. The SMILES string of the molecule is C[C@@H]1[C@@H]([Si](C)(C)O)[C@H](CCO)O[C@@]12C(=O)N(Cc1cccc(N3CCCCCCC3=O)c1)c1ccc(N3CCCCCCC3=O)cc12. The molecular formula is C37H51N3O6Si. The molecule has 6 rings (SSSR count). The lowest BCUT2D eigenvalue weighted by Gasteiger charge is -2.33. The summed E-state index contributed by atoms with van der Waals surface area (Å²) in [4.78, 5) is 58.3. The number of fused-ring (bicyclic) bond motifs is 2. The number of aliphatic hydroxyl groups is 1. The van der Waals surface area contributed by atoms with Crippen LogP contribution in [0.1, 0.15) is 88.7 Å². The first-order valence-electron chi connectivity index (χ1n) is 17.7. The maximum absolute atomic E-state index is 14.9. The Morgan fingerprint density at radius 1 is 0.851 bits per heavy atom. The number of benzene rings is 2. The summed E-state index contributed by atoms with van der Waals surface area (Å²) in [5, 5.41) is 10.0. The van der Waals surface area contributed by atoms with Gasteiger partial charge in [0.05, 0.1) is 18.3 Å². The summed E-state index contributed by atoms with van der Waals surface area (Å²) in [7, 11) is -2.85. The van der Waals surface area contributed by atoms with Gasteiger partial charge in [0, 0.05) is 60.9 Å². The van der Waals surface area contributed by atoms with E-state index in [0.29, 0.717) is 32.4 Å². The minimum atomic E-state index is -2.85. The molecule has 3 amide bonds. The minimum absolute atomic E-state index is 0.0933. The molecule has 4 aliphatic rings. The summed E-state index contributed by atoms with van der Waals surface area (Å²) in [5.41, 5.74) is 2.34. The number of amides is 3. The number of anilines is 3. The van der Waals surface area contributed by atoms with E-state index in [1.54, 1.807) is 4.90 Å². The van der Waals surface area contributed by atoms with Crippen LogP contribution in [-0.4, -0.2) is 61.7 Å². The van der Waals surface area contributed by atoms with Crippen molar-refractivity contribution in [1.29, 1.82) is 0 Å². The number of ether oxygens (including phenoxy) is 1. The summed E-state index contributed by atoms with van der Waals surface area (Å²) in [6, 6.07) is 13.8. The standard InChI is InChI=1S/C37H51N3O6Si/c1-26-35(47(2,3)45)32(19-22-41)46-37(26)30-24-29(39-21-11-7-5-9-16-34(39)43)17-18-31(30)40(36(37)44)25-27-13-12-14-28(23-27)38-20-10-6-4-8-15-33(38)42/h12-14,17-18,23-24,26,32,35,41,45H,4-11,15-16,19-22,25H2,1-3H3/t26-,32+,35-,37+/m1/s1. The molecule has 0 aromatic heterocycles. The van der Waals surface area contributed by atoms with E-state index in [9.17, 15) is 24.3 Å². The van der Waals surface area contributed by atoms with Crippen LogP contribution in [0.25, 0.3) is 0 Å². The Bertz CT molecular complexity index is 1490. The largest absolute Gasteiger partial charge is 0.432 e. The van der Waals surface area contributed by atoms with Crippen LogP contribution >= 0.6 is 0 Å². The van der Waals surface area contributed by atoms with Crippen LogP contribution in [0.2, 0.25) is 18.6 Å². The number of nitrogens with zero attached hydrogens (tertiary/aromatic N) is 3.